The van der Waals surface area contributed by atoms with Crippen molar-refractivity contribution in [2.45, 2.75) is 68.5 Å². The van der Waals surface area contributed by atoms with E-state index in [2.05, 4.69) is 36.4 Å². The molecule has 3 atom stereocenters. The first-order valence-corrected chi connectivity index (χ1v) is 6.78. The quantitative estimate of drug-likeness (QED) is 0.435. The minimum Gasteiger partial charge on any atom is -0.374 e. The molecule has 0 N–H and O–H groups in total. The molecule has 1 aliphatic carbocycles. The first-order chi connectivity index (χ1) is 6.24. The molecule has 1 fully saturated rings. The van der Waals surface area contributed by atoms with E-state index >= 15 is 0 Å². The van der Waals surface area contributed by atoms with E-state index in [1.165, 1.54) is 32.1 Å². The van der Waals surface area contributed by atoms with Crippen LogP contribution >= 0.6 is 22.6 Å². The second-order valence-electron chi connectivity index (χ2n) is 4.05. The van der Waals surface area contributed by atoms with Gasteiger partial charge in [0, 0.05) is 3.92 Å². The monoisotopic (exact) mass is 296 g/mol. The van der Waals surface area contributed by atoms with Crippen LogP contribution in [0.25, 0.3) is 0 Å². The molecule has 1 saturated carbocycles. The largest absolute Gasteiger partial charge is 0.374 e. The minimum absolute atomic E-state index is 0.445. The molecule has 0 spiro atoms. The zero-order valence-corrected chi connectivity index (χ0v) is 10.9. The van der Waals surface area contributed by atoms with Crippen molar-refractivity contribution in [1.29, 1.82) is 0 Å². The fourth-order valence-electron chi connectivity index (χ4n) is 1.78. The van der Waals surface area contributed by atoms with Gasteiger partial charge in [0.2, 0.25) is 0 Å². The van der Waals surface area contributed by atoms with Crippen LogP contribution in [-0.2, 0) is 4.74 Å². The Morgan fingerprint density at radius 2 is 2.00 bits per heavy atom. The van der Waals surface area contributed by atoms with Crippen LogP contribution in [0, 0.1) is 0 Å². The molecule has 0 heterocycles. The third kappa shape index (κ3) is 4.15. The molecule has 1 aliphatic rings. The van der Waals surface area contributed by atoms with Gasteiger partial charge < -0.3 is 4.74 Å². The molecule has 1 nitrogen and oxygen atoms in total. The van der Waals surface area contributed by atoms with Crippen LogP contribution in [-0.4, -0.2) is 16.1 Å². The minimum atomic E-state index is 0.445. The number of alkyl halides is 1. The highest BCUT2D eigenvalue weighted by molar-refractivity contribution is 14.1. The van der Waals surface area contributed by atoms with E-state index in [0.29, 0.717) is 12.2 Å². The van der Waals surface area contributed by atoms with Crippen LogP contribution in [0.4, 0.5) is 0 Å². The zero-order valence-electron chi connectivity index (χ0n) is 8.76. The summed E-state index contributed by atoms with van der Waals surface area (Å²) >= 11 is 2.57. The third-order valence-corrected chi connectivity index (χ3v) is 4.28. The predicted molar refractivity (Wildman–Crippen MR) is 65.5 cm³/mol. The van der Waals surface area contributed by atoms with Gasteiger partial charge in [-0.3, -0.25) is 0 Å². The molecule has 0 aromatic rings. The predicted octanol–water partition coefficient (Wildman–Crippen LogP) is 3.94. The number of rotatable bonds is 3. The number of halogens is 1. The average Bonchev–Trinajstić information content (AvgIpc) is 2.32. The fourth-order valence-corrected chi connectivity index (χ4v) is 2.75. The molecule has 0 aromatic carbocycles. The van der Waals surface area contributed by atoms with Gasteiger partial charge in [0.1, 0.15) is 0 Å². The van der Waals surface area contributed by atoms with E-state index in [-0.39, 0.29) is 0 Å². The van der Waals surface area contributed by atoms with Crippen molar-refractivity contribution in [3.8, 4) is 0 Å². The van der Waals surface area contributed by atoms with Gasteiger partial charge in [-0.05, 0) is 26.2 Å². The highest BCUT2D eigenvalue weighted by atomic mass is 127. The van der Waals surface area contributed by atoms with Crippen molar-refractivity contribution in [3.63, 3.8) is 0 Å². The van der Waals surface area contributed by atoms with E-state index in [1.54, 1.807) is 0 Å². The van der Waals surface area contributed by atoms with Gasteiger partial charge in [0.25, 0.3) is 0 Å². The summed E-state index contributed by atoms with van der Waals surface area (Å²) in [5.74, 6) is 0. The molecule has 0 bridgehead atoms. The summed E-state index contributed by atoms with van der Waals surface area (Å²) in [7, 11) is 0. The number of hydrogen-bond donors (Lipinski definition) is 0. The molecule has 1 rings (SSSR count). The van der Waals surface area contributed by atoms with E-state index in [0.717, 1.165) is 10.3 Å². The lowest BCUT2D eigenvalue weighted by Crippen LogP contribution is -2.27. The highest BCUT2D eigenvalue weighted by Crippen LogP contribution is 2.27. The molecule has 0 amide bonds. The van der Waals surface area contributed by atoms with E-state index in [9.17, 15) is 0 Å². The SMILES string of the molecule is CCC(C)OC1CCCCCC1I. The maximum absolute atomic E-state index is 6.03. The fraction of sp³-hybridized carbons (Fsp3) is 1.00. The Morgan fingerprint density at radius 1 is 1.31 bits per heavy atom. The summed E-state index contributed by atoms with van der Waals surface area (Å²) < 4.78 is 6.77. The Hall–Kier alpha value is 0.690. The van der Waals surface area contributed by atoms with Crippen LogP contribution in [0.2, 0.25) is 0 Å². The Bertz CT molecular complexity index is 138. The summed E-state index contributed by atoms with van der Waals surface area (Å²) in [4.78, 5) is 0. The summed E-state index contributed by atoms with van der Waals surface area (Å²) in [6.45, 7) is 4.39. The van der Waals surface area contributed by atoms with E-state index < -0.39 is 0 Å². The van der Waals surface area contributed by atoms with Crippen LogP contribution in [0.3, 0.4) is 0 Å². The van der Waals surface area contributed by atoms with Gasteiger partial charge in [-0.25, -0.2) is 0 Å². The molecule has 2 heteroatoms. The van der Waals surface area contributed by atoms with Crippen LogP contribution in [0.5, 0.6) is 0 Å². The Balaban J connectivity index is 2.35. The second-order valence-corrected chi connectivity index (χ2v) is 5.65. The van der Waals surface area contributed by atoms with Crippen LogP contribution in [0.15, 0.2) is 0 Å². The number of ether oxygens (including phenoxy) is 1. The van der Waals surface area contributed by atoms with Gasteiger partial charge in [0.15, 0.2) is 0 Å². The summed E-state index contributed by atoms with van der Waals surface area (Å²) in [6.07, 6.45) is 8.90. The van der Waals surface area contributed by atoms with Crippen molar-refractivity contribution >= 4 is 22.6 Å². The van der Waals surface area contributed by atoms with E-state index in [1.807, 2.05) is 0 Å². The third-order valence-electron chi connectivity index (χ3n) is 2.85. The zero-order chi connectivity index (χ0) is 9.68. The van der Waals surface area contributed by atoms with Crippen molar-refractivity contribution in [3.05, 3.63) is 0 Å². The molecular formula is C11H21IO. The first-order valence-electron chi connectivity index (χ1n) is 5.53. The molecule has 13 heavy (non-hydrogen) atoms. The Morgan fingerprint density at radius 3 is 2.69 bits per heavy atom. The van der Waals surface area contributed by atoms with Crippen molar-refractivity contribution in [1.82, 2.24) is 0 Å². The van der Waals surface area contributed by atoms with Gasteiger partial charge >= 0.3 is 0 Å². The van der Waals surface area contributed by atoms with Gasteiger partial charge in [-0.2, -0.15) is 0 Å². The molecule has 0 saturated heterocycles. The van der Waals surface area contributed by atoms with Gasteiger partial charge in [-0.1, -0.05) is 48.8 Å². The summed E-state index contributed by atoms with van der Waals surface area (Å²) in [5, 5.41) is 0. The lowest BCUT2D eigenvalue weighted by molar-refractivity contribution is -0.00541. The molecular weight excluding hydrogens is 275 g/mol. The molecule has 0 aliphatic heterocycles. The summed E-state index contributed by atoms with van der Waals surface area (Å²) in [5.41, 5.74) is 0. The van der Waals surface area contributed by atoms with Crippen LogP contribution in [0.1, 0.15) is 52.4 Å². The second kappa shape index (κ2) is 6.23. The maximum atomic E-state index is 6.03. The lowest BCUT2D eigenvalue weighted by atomic mass is 10.1. The molecule has 0 aromatic heterocycles. The van der Waals surface area contributed by atoms with Crippen LogP contribution < -0.4 is 0 Å². The molecule has 78 valence electrons. The Kier molecular flexibility index (Phi) is 5.63. The topological polar surface area (TPSA) is 9.23 Å². The van der Waals surface area contributed by atoms with Crippen molar-refractivity contribution in [2.75, 3.05) is 0 Å². The first kappa shape index (κ1) is 11.8. The normalized spacial score (nSPS) is 32.5. The standard InChI is InChI=1S/C11H21IO/c1-3-9(2)13-11-8-6-4-5-7-10(11)12/h9-11H,3-8H2,1-2H3. The van der Waals surface area contributed by atoms with Crippen molar-refractivity contribution < 1.29 is 4.74 Å². The maximum Gasteiger partial charge on any atom is 0.0696 e. The smallest absolute Gasteiger partial charge is 0.0696 e. The van der Waals surface area contributed by atoms with Crippen molar-refractivity contribution in [2.24, 2.45) is 0 Å². The highest BCUT2D eigenvalue weighted by Gasteiger charge is 2.22. The Labute approximate surface area is 95.8 Å². The lowest BCUT2D eigenvalue weighted by Gasteiger charge is -2.24. The molecule has 3 unspecified atom stereocenters. The van der Waals surface area contributed by atoms with Gasteiger partial charge in [-0.15, -0.1) is 0 Å². The van der Waals surface area contributed by atoms with E-state index in [4.69, 9.17) is 4.74 Å². The number of hydrogen-bond acceptors (Lipinski definition) is 1. The average molecular weight is 296 g/mol. The summed E-state index contributed by atoms with van der Waals surface area (Å²) in [6, 6.07) is 0. The van der Waals surface area contributed by atoms with Gasteiger partial charge in [0.05, 0.1) is 12.2 Å². The molecule has 0 radical (unpaired) electrons.